The molecule has 1 saturated heterocycles. The van der Waals surface area contributed by atoms with E-state index in [1.54, 1.807) is 0 Å². The lowest BCUT2D eigenvalue weighted by atomic mass is 9.90. The van der Waals surface area contributed by atoms with Crippen molar-refractivity contribution in [2.75, 3.05) is 19.6 Å². The smallest absolute Gasteiger partial charge is 0.131 e. The summed E-state index contributed by atoms with van der Waals surface area (Å²) in [4.78, 5) is 0. The molecule has 1 aliphatic rings. The first-order chi connectivity index (χ1) is 7.12. The van der Waals surface area contributed by atoms with E-state index in [2.05, 4.69) is 10.6 Å². The second-order valence-corrected chi connectivity index (χ2v) is 4.06. The number of nitrogens with one attached hydrogen (secondary N) is 2. The van der Waals surface area contributed by atoms with E-state index >= 15 is 0 Å². The Balaban J connectivity index is 2.35. The second kappa shape index (κ2) is 3.87. The zero-order chi connectivity index (χ0) is 10.9. The summed E-state index contributed by atoms with van der Waals surface area (Å²) in [6.07, 6.45) is 0. The molecule has 0 amide bonds. The largest absolute Gasteiger partial charge is 0.313 e. The molecule has 82 valence electrons. The number of hydrogen-bond donors (Lipinski definition) is 2. The fourth-order valence-electron chi connectivity index (χ4n) is 1.96. The van der Waals surface area contributed by atoms with Crippen LogP contribution in [0, 0.1) is 11.6 Å². The Bertz CT molecular complexity index is 360. The predicted molar refractivity (Wildman–Crippen MR) is 54.6 cm³/mol. The Morgan fingerprint density at radius 3 is 2.67 bits per heavy atom. The first-order valence-electron chi connectivity index (χ1n) is 5.03. The molecular formula is C11H14F2N2. The van der Waals surface area contributed by atoms with Crippen LogP contribution in [-0.2, 0) is 5.54 Å². The first-order valence-corrected chi connectivity index (χ1v) is 5.03. The summed E-state index contributed by atoms with van der Waals surface area (Å²) < 4.78 is 26.3. The van der Waals surface area contributed by atoms with Gasteiger partial charge in [0.1, 0.15) is 11.6 Å². The van der Waals surface area contributed by atoms with E-state index in [0.717, 1.165) is 19.2 Å². The molecule has 1 heterocycles. The van der Waals surface area contributed by atoms with Gasteiger partial charge < -0.3 is 10.6 Å². The molecule has 0 saturated carbocycles. The van der Waals surface area contributed by atoms with Crippen LogP contribution in [0.3, 0.4) is 0 Å². The normalized spacial score (nSPS) is 26.6. The van der Waals surface area contributed by atoms with Crippen LogP contribution in [0.25, 0.3) is 0 Å². The fourth-order valence-corrected chi connectivity index (χ4v) is 1.96. The SMILES string of the molecule is CC1(c2ccc(F)cc2F)CNCCN1. The lowest BCUT2D eigenvalue weighted by Crippen LogP contribution is -2.55. The highest BCUT2D eigenvalue weighted by Gasteiger charge is 2.30. The van der Waals surface area contributed by atoms with Crippen molar-refractivity contribution in [3.8, 4) is 0 Å². The maximum Gasteiger partial charge on any atom is 0.131 e. The van der Waals surface area contributed by atoms with Crippen LogP contribution in [0.4, 0.5) is 8.78 Å². The van der Waals surface area contributed by atoms with Crippen molar-refractivity contribution >= 4 is 0 Å². The number of hydrogen-bond acceptors (Lipinski definition) is 2. The summed E-state index contributed by atoms with van der Waals surface area (Å²) in [5.74, 6) is -1.03. The van der Waals surface area contributed by atoms with Crippen molar-refractivity contribution in [1.82, 2.24) is 10.6 Å². The molecule has 1 aliphatic heterocycles. The quantitative estimate of drug-likeness (QED) is 0.734. The minimum atomic E-state index is -0.538. The summed E-state index contributed by atoms with van der Waals surface area (Å²) in [5.41, 5.74) is 0.0619. The van der Waals surface area contributed by atoms with Crippen molar-refractivity contribution in [2.24, 2.45) is 0 Å². The Morgan fingerprint density at radius 2 is 2.07 bits per heavy atom. The number of rotatable bonds is 1. The third-order valence-corrected chi connectivity index (χ3v) is 2.82. The van der Waals surface area contributed by atoms with Gasteiger partial charge in [-0.2, -0.15) is 0 Å². The van der Waals surface area contributed by atoms with E-state index in [1.807, 2.05) is 6.92 Å². The molecule has 0 aromatic heterocycles. The van der Waals surface area contributed by atoms with Gasteiger partial charge in [-0.05, 0) is 13.0 Å². The van der Waals surface area contributed by atoms with Crippen LogP contribution < -0.4 is 10.6 Å². The topological polar surface area (TPSA) is 24.1 Å². The van der Waals surface area contributed by atoms with Crippen LogP contribution in [0.2, 0.25) is 0 Å². The van der Waals surface area contributed by atoms with Crippen LogP contribution in [0.5, 0.6) is 0 Å². The summed E-state index contributed by atoms with van der Waals surface area (Å²) in [5, 5.41) is 6.44. The lowest BCUT2D eigenvalue weighted by Gasteiger charge is -2.36. The molecule has 4 heteroatoms. The van der Waals surface area contributed by atoms with Gasteiger partial charge in [-0.1, -0.05) is 6.07 Å². The minimum Gasteiger partial charge on any atom is -0.313 e. The molecule has 2 N–H and O–H groups in total. The van der Waals surface area contributed by atoms with E-state index in [1.165, 1.54) is 12.1 Å². The molecule has 1 atom stereocenters. The van der Waals surface area contributed by atoms with E-state index in [0.29, 0.717) is 12.1 Å². The molecule has 2 rings (SSSR count). The van der Waals surface area contributed by atoms with Crippen molar-refractivity contribution in [3.05, 3.63) is 35.4 Å². The van der Waals surface area contributed by atoms with Crippen molar-refractivity contribution in [3.63, 3.8) is 0 Å². The monoisotopic (exact) mass is 212 g/mol. The molecule has 0 radical (unpaired) electrons. The molecule has 1 fully saturated rings. The Morgan fingerprint density at radius 1 is 1.27 bits per heavy atom. The second-order valence-electron chi connectivity index (χ2n) is 4.06. The highest BCUT2D eigenvalue weighted by molar-refractivity contribution is 5.27. The average Bonchev–Trinajstić information content (AvgIpc) is 2.18. The van der Waals surface area contributed by atoms with Gasteiger partial charge in [0.15, 0.2) is 0 Å². The van der Waals surface area contributed by atoms with Gasteiger partial charge in [0.2, 0.25) is 0 Å². The molecule has 2 nitrogen and oxygen atoms in total. The van der Waals surface area contributed by atoms with Gasteiger partial charge in [-0.3, -0.25) is 0 Å². The maximum absolute atomic E-state index is 13.6. The third kappa shape index (κ3) is 2.01. The molecule has 1 unspecified atom stereocenters. The average molecular weight is 212 g/mol. The zero-order valence-corrected chi connectivity index (χ0v) is 8.61. The number of benzene rings is 1. The van der Waals surface area contributed by atoms with Crippen LogP contribution in [0.15, 0.2) is 18.2 Å². The molecule has 15 heavy (non-hydrogen) atoms. The highest BCUT2D eigenvalue weighted by Crippen LogP contribution is 2.24. The standard InChI is InChI=1S/C11H14F2N2/c1-11(7-14-4-5-15-11)9-3-2-8(12)6-10(9)13/h2-3,6,14-15H,4-5,7H2,1H3. The van der Waals surface area contributed by atoms with Gasteiger partial charge in [0.05, 0.1) is 5.54 Å². The van der Waals surface area contributed by atoms with Gasteiger partial charge in [0, 0.05) is 31.3 Å². The van der Waals surface area contributed by atoms with E-state index < -0.39 is 17.2 Å². The van der Waals surface area contributed by atoms with Crippen molar-refractivity contribution < 1.29 is 8.78 Å². The Labute approximate surface area is 87.7 Å². The van der Waals surface area contributed by atoms with Gasteiger partial charge in [0.25, 0.3) is 0 Å². The summed E-state index contributed by atoms with van der Waals surface area (Å²) in [6.45, 7) is 4.22. The van der Waals surface area contributed by atoms with Gasteiger partial charge in [-0.25, -0.2) is 8.78 Å². The van der Waals surface area contributed by atoms with E-state index in [9.17, 15) is 8.78 Å². The maximum atomic E-state index is 13.6. The van der Waals surface area contributed by atoms with Crippen molar-refractivity contribution in [2.45, 2.75) is 12.5 Å². The fraction of sp³-hybridized carbons (Fsp3) is 0.455. The van der Waals surface area contributed by atoms with Crippen LogP contribution in [0.1, 0.15) is 12.5 Å². The van der Waals surface area contributed by atoms with E-state index in [4.69, 9.17) is 0 Å². The van der Waals surface area contributed by atoms with Crippen LogP contribution >= 0.6 is 0 Å². The van der Waals surface area contributed by atoms with Gasteiger partial charge >= 0.3 is 0 Å². The molecule has 0 aliphatic carbocycles. The lowest BCUT2D eigenvalue weighted by molar-refractivity contribution is 0.293. The summed E-state index contributed by atoms with van der Waals surface area (Å²) in [7, 11) is 0. The molecular weight excluding hydrogens is 198 g/mol. The van der Waals surface area contributed by atoms with Crippen molar-refractivity contribution in [1.29, 1.82) is 0 Å². The first kappa shape index (κ1) is 10.5. The molecule has 1 aromatic rings. The minimum absolute atomic E-state index is 0.448. The predicted octanol–water partition coefficient (Wildman–Crippen LogP) is 1.37. The van der Waals surface area contributed by atoms with E-state index in [-0.39, 0.29) is 0 Å². The Hall–Kier alpha value is -1.00. The van der Waals surface area contributed by atoms with Gasteiger partial charge in [-0.15, -0.1) is 0 Å². The molecule has 0 spiro atoms. The molecule has 1 aromatic carbocycles. The Kier molecular flexibility index (Phi) is 2.71. The van der Waals surface area contributed by atoms with Crippen LogP contribution in [-0.4, -0.2) is 19.6 Å². The summed E-state index contributed by atoms with van der Waals surface area (Å²) >= 11 is 0. The third-order valence-electron chi connectivity index (χ3n) is 2.82. The summed E-state index contributed by atoms with van der Waals surface area (Å²) in [6, 6.07) is 3.72. The zero-order valence-electron chi connectivity index (χ0n) is 8.61. The molecule has 0 bridgehead atoms. The number of halogens is 2. The number of piperazine rings is 1. The highest BCUT2D eigenvalue weighted by atomic mass is 19.1.